The summed E-state index contributed by atoms with van der Waals surface area (Å²) in [5.41, 5.74) is 0.658. The third-order valence-corrected chi connectivity index (χ3v) is 5.40. The molecule has 1 heterocycles. The van der Waals surface area contributed by atoms with Gasteiger partial charge in [-0.15, -0.1) is 0 Å². The van der Waals surface area contributed by atoms with Crippen LogP contribution in [-0.2, 0) is 10.0 Å². The van der Waals surface area contributed by atoms with E-state index in [1.54, 1.807) is 25.3 Å². The van der Waals surface area contributed by atoms with Crippen LogP contribution in [0.2, 0.25) is 0 Å². The normalized spacial score (nSPS) is 11.5. The van der Waals surface area contributed by atoms with E-state index in [1.165, 1.54) is 44.5 Å². The second-order valence-electron chi connectivity index (χ2n) is 6.65. The van der Waals surface area contributed by atoms with Crippen LogP contribution < -0.4 is 9.47 Å². The van der Waals surface area contributed by atoms with Crippen LogP contribution in [-0.4, -0.2) is 37.3 Å². The summed E-state index contributed by atoms with van der Waals surface area (Å²) in [5.74, 6) is 1.58. The Morgan fingerprint density at radius 3 is 2.41 bits per heavy atom. The van der Waals surface area contributed by atoms with E-state index in [-0.39, 0.29) is 0 Å². The minimum atomic E-state index is -3.42. The summed E-state index contributed by atoms with van der Waals surface area (Å²) in [7, 11) is -1.84. The maximum Gasteiger partial charge on any atom is 0.237 e. The molecule has 0 aliphatic heterocycles. The third kappa shape index (κ3) is 6.27. The quantitative estimate of drug-likeness (QED) is 0.496. The molecular weight excluding hydrogens is 364 g/mol. The lowest BCUT2D eigenvalue weighted by molar-refractivity contribution is 0.284. The van der Waals surface area contributed by atoms with Crippen molar-refractivity contribution in [3.8, 4) is 22.9 Å². The minimum Gasteiger partial charge on any atom is -0.493 e. The van der Waals surface area contributed by atoms with Crippen molar-refractivity contribution < 1.29 is 17.9 Å². The van der Waals surface area contributed by atoms with Crippen molar-refractivity contribution in [2.75, 3.05) is 20.0 Å². The van der Waals surface area contributed by atoms with Crippen LogP contribution in [0.1, 0.15) is 51.9 Å². The fraction of sp³-hybridized carbons (Fsp3) is 0.550. The summed E-state index contributed by atoms with van der Waals surface area (Å²) in [6.45, 7) is 2.86. The van der Waals surface area contributed by atoms with Gasteiger partial charge in [0.2, 0.25) is 10.0 Å². The van der Waals surface area contributed by atoms with E-state index >= 15 is 0 Å². The summed E-state index contributed by atoms with van der Waals surface area (Å²) >= 11 is 0. The van der Waals surface area contributed by atoms with Crippen LogP contribution in [0.15, 0.2) is 30.6 Å². The molecule has 0 amide bonds. The van der Waals surface area contributed by atoms with E-state index < -0.39 is 10.0 Å². The summed E-state index contributed by atoms with van der Waals surface area (Å²) in [4.78, 5) is 4.16. The highest BCUT2D eigenvalue weighted by molar-refractivity contribution is 7.89. The maximum atomic E-state index is 11.9. The number of imidazole rings is 1. The standard InChI is InChI=1S/C20H30N2O4S/c1-4-5-6-7-8-9-10-15-26-18-12-11-17(16-19(18)25-2)20-21-13-14-22(20)27(3,23)24/h11-14,16H,4-10,15H2,1-3H3. The summed E-state index contributed by atoms with van der Waals surface area (Å²) in [5, 5.41) is 0. The Morgan fingerprint density at radius 1 is 1.04 bits per heavy atom. The molecule has 7 heteroatoms. The number of benzene rings is 1. The lowest BCUT2D eigenvalue weighted by Crippen LogP contribution is -2.10. The van der Waals surface area contributed by atoms with Crippen molar-refractivity contribution >= 4 is 10.0 Å². The smallest absolute Gasteiger partial charge is 0.237 e. The molecule has 0 aliphatic rings. The molecule has 0 saturated heterocycles. The Morgan fingerprint density at radius 2 is 1.74 bits per heavy atom. The zero-order chi connectivity index (χ0) is 19.7. The molecule has 0 aliphatic carbocycles. The predicted octanol–water partition coefficient (Wildman–Crippen LogP) is 4.50. The number of ether oxygens (including phenoxy) is 2. The van der Waals surface area contributed by atoms with E-state index in [4.69, 9.17) is 9.47 Å². The zero-order valence-corrected chi connectivity index (χ0v) is 17.3. The van der Waals surface area contributed by atoms with E-state index in [1.807, 2.05) is 0 Å². The molecule has 2 aromatic rings. The van der Waals surface area contributed by atoms with Crippen molar-refractivity contribution in [3.63, 3.8) is 0 Å². The second kappa shape index (κ2) is 10.3. The van der Waals surface area contributed by atoms with E-state index in [0.717, 1.165) is 23.1 Å². The van der Waals surface area contributed by atoms with Crippen LogP contribution >= 0.6 is 0 Å². The number of hydrogen-bond acceptors (Lipinski definition) is 5. The molecule has 0 fully saturated rings. The highest BCUT2D eigenvalue weighted by Crippen LogP contribution is 2.32. The van der Waals surface area contributed by atoms with Gasteiger partial charge in [0.15, 0.2) is 17.3 Å². The molecule has 0 atom stereocenters. The fourth-order valence-corrected chi connectivity index (χ4v) is 3.67. The molecule has 2 rings (SSSR count). The second-order valence-corrected chi connectivity index (χ2v) is 8.50. The topological polar surface area (TPSA) is 70.4 Å². The number of unbranched alkanes of at least 4 members (excludes halogenated alkanes) is 6. The van der Waals surface area contributed by atoms with Crippen molar-refractivity contribution in [1.82, 2.24) is 8.96 Å². The minimum absolute atomic E-state index is 0.356. The van der Waals surface area contributed by atoms with E-state index in [0.29, 0.717) is 29.5 Å². The first-order chi connectivity index (χ1) is 13.0. The van der Waals surface area contributed by atoms with Gasteiger partial charge in [0.25, 0.3) is 0 Å². The monoisotopic (exact) mass is 394 g/mol. The highest BCUT2D eigenvalue weighted by Gasteiger charge is 2.15. The Bertz CT molecular complexity index is 815. The van der Waals surface area contributed by atoms with Gasteiger partial charge in [0.1, 0.15) is 0 Å². The van der Waals surface area contributed by atoms with Gasteiger partial charge >= 0.3 is 0 Å². The number of methoxy groups -OCH3 is 1. The first-order valence-electron chi connectivity index (χ1n) is 9.52. The Hall–Kier alpha value is -2.02. The molecule has 0 spiro atoms. The van der Waals surface area contributed by atoms with Gasteiger partial charge < -0.3 is 9.47 Å². The average Bonchev–Trinajstić information content (AvgIpc) is 3.14. The van der Waals surface area contributed by atoms with E-state index in [2.05, 4.69) is 11.9 Å². The molecule has 1 aromatic heterocycles. The Kier molecular flexibility index (Phi) is 8.16. The average molecular weight is 395 g/mol. The van der Waals surface area contributed by atoms with Crippen LogP contribution in [0.5, 0.6) is 11.5 Å². The first kappa shape index (κ1) is 21.3. The van der Waals surface area contributed by atoms with Crippen LogP contribution in [0.4, 0.5) is 0 Å². The predicted molar refractivity (Wildman–Crippen MR) is 108 cm³/mol. The summed E-state index contributed by atoms with van der Waals surface area (Å²) in [6.07, 6.45) is 12.7. The van der Waals surface area contributed by atoms with Gasteiger partial charge in [-0.2, -0.15) is 0 Å². The zero-order valence-electron chi connectivity index (χ0n) is 16.5. The fourth-order valence-electron chi connectivity index (χ4n) is 2.93. The van der Waals surface area contributed by atoms with Crippen LogP contribution in [0, 0.1) is 0 Å². The summed E-state index contributed by atoms with van der Waals surface area (Å²) in [6, 6.07) is 5.35. The molecule has 0 unspecified atom stereocenters. The largest absolute Gasteiger partial charge is 0.493 e. The SMILES string of the molecule is CCCCCCCCCOc1ccc(-c2nccn2S(C)(=O)=O)cc1OC. The first-order valence-corrected chi connectivity index (χ1v) is 11.4. The molecule has 1 aromatic carbocycles. The number of hydrogen-bond donors (Lipinski definition) is 0. The molecular formula is C20H30N2O4S. The van der Waals surface area contributed by atoms with Crippen molar-refractivity contribution in [2.24, 2.45) is 0 Å². The van der Waals surface area contributed by atoms with Gasteiger partial charge in [-0.25, -0.2) is 17.4 Å². The van der Waals surface area contributed by atoms with Crippen molar-refractivity contribution in [1.29, 1.82) is 0 Å². The van der Waals surface area contributed by atoms with Gasteiger partial charge in [-0.1, -0.05) is 45.4 Å². The maximum absolute atomic E-state index is 11.9. The molecule has 0 radical (unpaired) electrons. The van der Waals surface area contributed by atoms with Gasteiger partial charge in [-0.05, 0) is 24.6 Å². The summed E-state index contributed by atoms with van der Waals surface area (Å²) < 4.78 is 36.2. The van der Waals surface area contributed by atoms with Crippen molar-refractivity contribution in [2.45, 2.75) is 51.9 Å². The molecule has 0 bridgehead atoms. The molecule has 150 valence electrons. The number of aromatic nitrogens is 2. The lowest BCUT2D eigenvalue weighted by Gasteiger charge is -2.12. The highest BCUT2D eigenvalue weighted by atomic mass is 32.2. The van der Waals surface area contributed by atoms with Gasteiger partial charge in [-0.3, -0.25) is 0 Å². The molecule has 0 saturated carbocycles. The van der Waals surface area contributed by atoms with Crippen molar-refractivity contribution in [3.05, 3.63) is 30.6 Å². The van der Waals surface area contributed by atoms with Crippen LogP contribution in [0.3, 0.4) is 0 Å². The third-order valence-electron chi connectivity index (χ3n) is 4.39. The Balaban J connectivity index is 1.96. The molecule has 27 heavy (non-hydrogen) atoms. The Labute approximate surface area is 162 Å². The van der Waals surface area contributed by atoms with E-state index in [9.17, 15) is 8.42 Å². The molecule has 6 nitrogen and oxygen atoms in total. The lowest BCUT2D eigenvalue weighted by atomic mass is 10.1. The van der Waals surface area contributed by atoms with Gasteiger partial charge in [0.05, 0.1) is 20.0 Å². The van der Waals surface area contributed by atoms with Crippen LogP contribution in [0.25, 0.3) is 11.4 Å². The number of rotatable bonds is 12. The molecule has 0 N–H and O–H groups in total. The van der Waals surface area contributed by atoms with Gasteiger partial charge in [0, 0.05) is 18.0 Å². The number of nitrogens with zero attached hydrogens (tertiary/aromatic N) is 2.